The minimum Gasteiger partial charge on any atom is -0.387 e. The van der Waals surface area contributed by atoms with Crippen LogP contribution >= 0.6 is 11.6 Å². The van der Waals surface area contributed by atoms with Gasteiger partial charge in [-0.2, -0.15) is 8.42 Å². The van der Waals surface area contributed by atoms with Gasteiger partial charge in [-0.05, 0) is 48.3 Å². The molecule has 1 fully saturated rings. The van der Waals surface area contributed by atoms with E-state index < -0.39 is 21.1 Å². The van der Waals surface area contributed by atoms with Gasteiger partial charge in [-0.1, -0.05) is 37.6 Å². The number of benzene rings is 1. The highest BCUT2D eigenvalue weighted by Gasteiger charge is 2.54. The van der Waals surface area contributed by atoms with Crippen molar-refractivity contribution in [3.63, 3.8) is 0 Å². The van der Waals surface area contributed by atoms with Gasteiger partial charge in [0.1, 0.15) is 0 Å². The average molecular weight is 347 g/mol. The van der Waals surface area contributed by atoms with E-state index in [4.69, 9.17) is 15.8 Å². The maximum absolute atomic E-state index is 11.3. The van der Waals surface area contributed by atoms with E-state index in [1.807, 2.05) is 38.1 Å². The molecule has 0 bridgehead atoms. The molecule has 0 aliphatic heterocycles. The summed E-state index contributed by atoms with van der Waals surface area (Å²) in [7, 11) is -3.58. The van der Waals surface area contributed by atoms with E-state index in [0.29, 0.717) is 11.4 Å². The van der Waals surface area contributed by atoms with Crippen molar-refractivity contribution in [2.24, 2.45) is 11.3 Å². The van der Waals surface area contributed by atoms with Crippen LogP contribution in [0.5, 0.6) is 0 Å². The van der Waals surface area contributed by atoms with Crippen LogP contribution < -0.4 is 0 Å². The van der Waals surface area contributed by atoms with Crippen LogP contribution in [0.3, 0.4) is 0 Å². The van der Waals surface area contributed by atoms with Gasteiger partial charge in [0.15, 0.2) is 0 Å². The van der Waals surface area contributed by atoms with Crippen LogP contribution in [0.4, 0.5) is 0 Å². The Kier molecular flexibility index (Phi) is 4.93. The van der Waals surface area contributed by atoms with Gasteiger partial charge in [-0.15, -0.1) is 0 Å². The maximum Gasteiger partial charge on any atom is 0.264 e. The van der Waals surface area contributed by atoms with Crippen LogP contribution in [0.25, 0.3) is 0 Å². The molecule has 1 aromatic rings. The summed E-state index contributed by atoms with van der Waals surface area (Å²) in [5.74, 6) is -0.0505. The lowest BCUT2D eigenvalue weighted by atomic mass is 9.73. The number of aliphatic hydroxyl groups is 1. The SMILES string of the molecule is CC1(C)CCC(Cc2ccc(Cl)cc2)C1(O)COS(C)(=O)=O. The molecule has 1 aromatic carbocycles. The molecule has 1 aliphatic rings. The summed E-state index contributed by atoms with van der Waals surface area (Å²) >= 11 is 5.89. The van der Waals surface area contributed by atoms with E-state index in [1.54, 1.807) is 0 Å². The highest BCUT2D eigenvalue weighted by Crippen LogP contribution is 2.51. The largest absolute Gasteiger partial charge is 0.387 e. The van der Waals surface area contributed by atoms with Crippen molar-refractivity contribution < 1.29 is 17.7 Å². The first-order chi connectivity index (χ1) is 10.0. The lowest BCUT2D eigenvalue weighted by Crippen LogP contribution is -2.50. The van der Waals surface area contributed by atoms with E-state index >= 15 is 0 Å². The third kappa shape index (κ3) is 3.82. The Morgan fingerprint density at radius 2 is 1.91 bits per heavy atom. The van der Waals surface area contributed by atoms with Gasteiger partial charge >= 0.3 is 0 Å². The van der Waals surface area contributed by atoms with Crippen molar-refractivity contribution in [3.8, 4) is 0 Å². The second kappa shape index (κ2) is 6.11. The van der Waals surface area contributed by atoms with E-state index in [0.717, 1.165) is 24.7 Å². The lowest BCUT2D eigenvalue weighted by molar-refractivity contribution is -0.102. The Labute approximate surface area is 137 Å². The van der Waals surface area contributed by atoms with Crippen molar-refractivity contribution in [2.45, 2.75) is 38.7 Å². The molecule has 22 heavy (non-hydrogen) atoms. The Hall–Kier alpha value is -0.620. The predicted molar refractivity (Wildman–Crippen MR) is 87.4 cm³/mol. The first-order valence-electron chi connectivity index (χ1n) is 7.35. The summed E-state index contributed by atoms with van der Waals surface area (Å²) in [4.78, 5) is 0. The fourth-order valence-electron chi connectivity index (χ4n) is 3.23. The van der Waals surface area contributed by atoms with Gasteiger partial charge in [0.05, 0.1) is 18.5 Å². The van der Waals surface area contributed by atoms with Crippen molar-refractivity contribution in [1.82, 2.24) is 0 Å². The molecule has 0 aromatic heterocycles. The minimum absolute atomic E-state index is 0.0505. The molecule has 2 atom stereocenters. The normalized spacial score (nSPS) is 28.0. The summed E-state index contributed by atoms with van der Waals surface area (Å²) in [6.07, 6.45) is 3.34. The molecule has 2 rings (SSSR count). The maximum atomic E-state index is 11.3. The van der Waals surface area contributed by atoms with Gasteiger partial charge in [0.25, 0.3) is 10.1 Å². The molecule has 0 spiro atoms. The van der Waals surface area contributed by atoms with Crippen molar-refractivity contribution in [1.29, 1.82) is 0 Å². The van der Waals surface area contributed by atoms with E-state index in [2.05, 4.69) is 0 Å². The van der Waals surface area contributed by atoms with Crippen LogP contribution in [0, 0.1) is 11.3 Å². The Morgan fingerprint density at radius 1 is 1.32 bits per heavy atom. The van der Waals surface area contributed by atoms with E-state index in [9.17, 15) is 13.5 Å². The van der Waals surface area contributed by atoms with Gasteiger partial charge in [-0.25, -0.2) is 0 Å². The molecule has 0 saturated heterocycles. The number of hydrogen-bond donors (Lipinski definition) is 1. The van der Waals surface area contributed by atoms with Crippen LogP contribution in [-0.4, -0.2) is 32.0 Å². The van der Waals surface area contributed by atoms with Gasteiger partial charge in [0.2, 0.25) is 0 Å². The number of halogens is 1. The standard InChI is InChI=1S/C16H23ClO4S/c1-15(2)9-8-13(10-12-4-6-14(17)7-5-12)16(15,18)11-21-22(3,19)20/h4-7,13,18H,8-11H2,1-3H3. The molecule has 1 aliphatic carbocycles. The number of hydrogen-bond acceptors (Lipinski definition) is 4. The monoisotopic (exact) mass is 346 g/mol. The van der Waals surface area contributed by atoms with Crippen LogP contribution in [-0.2, 0) is 20.7 Å². The minimum atomic E-state index is -3.58. The zero-order chi connectivity index (χ0) is 16.6. The van der Waals surface area contributed by atoms with Crippen LogP contribution in [0.1, 0.15) is 32.3 Å². The molecular weight excluding hydrogens is 324 g/mol. The first kappa shape index (κ1) is 17.7. The van der Waals surface area contributed by atoms with Gasteiger partial charge in [-0.3, -0.25) is 4.18 Å². The molecule has 1 saturated carbocycles. The molecule has 0 heterocycles. The smallest absolute Gasteiger partial charge is 0.264 e. The molecule has 1 N–H and O–H groups in total. The summed E-state index contributed by atoms with van der Waals surface area (Å²) in [6, 6.07) is 7.52. The highest BCUT2D eigenvalue weighted by atomic mass is 35.5. The summed E-state index contributed by atoms with van der Waals surface area (Å²) in [6.45, 7) is 3.72. The van der Waals surface area contributed by atoms with E-state index in [1.165, 1.54) is 0 Å². The van der Waals surface area contributed by atoms with Crippen molar-refractivity contribution >= 4 is 21.7 Å². The summed E-state index contributed by atoms with van der Waals surface area (Å²) in [5, 5.41) is 11.8. The third-order valence-electron chi connectivity index (χ3n) is 4.85. The topological polar surface area (TPSA) is 63.6 Å². The van der Waals surface area contributed by atoms with Gasteiger partial charge in [0, 0.05) is 5.02 Å². The summed E-state index contributed by atoms with van der Waals surface area (Å²) < 4.78 is 27.5. The second-order valence-corrected chi connectivity index (χ2v) is 8.92. The fourth-order valence-corrected chi connectivity index (χ4v) is 3.75. The Morgan fingerprint density at radius 3 is 2.45 bits per heavy atom. The highest BCUT2D eigenvalue weighted by molar-refractivity contribution is 7.85. The molecule has 0 amide bonds. The lowest BCUT2D eigenvalue weighted by Gasteiger charge is -2.40. The van der Waals surface area contributed by atoms with Crippen LogP contribution in [0.15, 0.2) is 24.3 Å². The van der Waals surface area contributed by atoms with E-state index in [-0.39, 0.29) is 12.5 Å². The average Bonchev–Trinajstić information content (AvgIpc) is 2.62. The predicted octanol–water partition coefficient (Wildman–Crippen LogP) is 3.03. The quantitative estimate of drug-likeness (QED) is 0.832. The summed E-state index contributed by atoms with van der Waals surface area (Å²) in [5.41, 5.74) is -0.491. The Balaban J connectivity index is 2.20. The van der Waals surface area contributed by atoms with Crippen molar-refractivity contribution in [2.75, 3.05) is 12.9 Å². The number of rotatable bonds is 5. The third-order valence-corrected chi connectivity index (χ3v) is 5.65. The van der Waals surface area contributed by atoms with Crippen LogP contribution in [0.2, 0.25) is 5.02 Å². The second-order valence-electron chi connectivity index (χ2n) is 6.84. The van der Waals surface area contributed by atoms with Crippen molar-refractivity contribution in [3.05, 3.63) is 34.9 Å². The molecule has 124 valence electrons. The molecule has 2 unspecified atom stereocenters. The zero-order valence-electron chi connectivity index (χ0n) is 13.2. The first-order valence-corrected chi connectivity index (χ1v) is 9.54. The zero-order valence-corrected chi connectivity index (χ0v) is 14.7. The molecule has 0 radical (unpaired) electrons. The Bertz CT molecular complexity index is 624. The molecule has 6 heteroatoms. The molecular formula is C16H23ClO4S. The molecule has 4 nitrogen and oxygen atoms in total. The van der Waals surface area contributed by atoms with Gasteiger partial charge < -0.3 is 5.11 Å². The fraction of sp³-hybridized carbons (Fsp3) is 0.625.